The van der Waals surface area contributed by atoms with Crippen molar-refractivity contribution in [1.82, 2.24) is 0 Å². The van der Waals surface area contributed by atoms with Gasteiger partial charge in [0.1, 0.15) is 0 Å². The van der Waals surface area contributed by atoms with E-state index in [1.54, 1.807) is 5.57 Å². The van der Waals surface area contributed by atoms with E-state index in [-0.39, 0.29) is 11.9 Å². The summed E-state index contributed by atoms with van der Waals surface area (Å²) in [5.41, 5.74) is 2.46. The smallest absolute Gasteiger partial charge is 0.171 e. The van der Waals surface area contributed by atoms with Crippen LogP contribution < -0.4 is 0 Å². The fourth-order valence-corrected chi connectivity index (χ4v) is 9.52. The maximum Gasteiger partial charge on any atom is 0.171 e. The van der Waals surface area contributed by atoms with Gasteiger partial charge >= 0.3 is 0 Å². The van der Waals surface area contributed by atoms with Gasteiger partial charge in [-0.15, -0.1) is 0 Å². The van der Waals surface area contributed by atoms with Crippen LogP contribution in [-0.2, 0) is 9.47 Å². The van der Waals surface area contributed by atoms with Gasteiger partial charge in [-0.05, 0) is 91.8 Å². The van der Waals surface area contributed by atoms with Crippen LogP contribution in [0.1, 0.15) is 85.5 Å². The first-order chi connectivity index (χ1) is 14.3. The minimum Gasteiger partial charge on any atom is -0.393 e. The van der Waals surface area contributed by atoms with Crippen LogP contribution in [0.15, 0.2) is 11.6 Å². The molecule has 5 fully saturated rings. The van der Waals surface area contributed by atoms with E-state index in [9.17, 15) is 5.11 Å². The molecule has 11 atom stereocenters. The zero-order chi connectivity index (χ0) is 20.9. The highest BCUT2D eigenvalue weighted by Crippen LogP contribution is 2.69. The minimum absolute atomic E-state index is 0.0661. The van der Waals surface area contributed by atoms with Crippen molar-refractivity contribution in [3.8, 4) is 0 Å². The predicted molar refractivity (Wildman–Crippen MR) is 118 cm³/mol. The van der Waals surface area contributed by atoms with Gasteiger partial charge in [0, 0.05) is 12.3 Å². The van der Waals surface area contributed by atoms with Crippen LogP contribution in [0.2, 0.25) is 0 Å². The lowest BCUT2D eigenvalue weighted by molar-refractivity contribution is -0.272. The van der Waals surface area contributed by atoms with Crippen LogP contribution in [-0.4, -0.2) is 29.7 Å². The molecular formula is C27H42O3. The van der Waals surface area contributed by atoms with Crippen molar-refractivity contribution >= 4 is 0 Å². The molecule has 168 valence electrons. The summed E-state index contributed by atoms with van der Waals surface area (Å²) in [4.78, 5) is 0. The van der Waals surface area contributed by atoms with Gasteiger partial charge in [0.2, 0.25) is 0 Å². The molecule has 0 amide bonds. The summed E-state index contributed by atoms with van der Waals surface area (Å²) in [7, 11) is 0. The molecule has 2 heterocycles. The SMILES string of the molecule is C[C@H]1CC[C@@]2(OC1)O[C@H]1C[C@@H]3[C@H]4CC[C@@H]5C[C@H](O)CC[C@@]5(C)C4=CC[C@@]3(C)[C@@H]1[C@H]2C. The number of fused-ring (bicyclic) bond motifs is 7. The summed E-state index contributed by atoms with van der Waals surface area (Å²) in [6.45, 7) is 10.7. The fourth-order valence-electron chi connectivity index (χ4n) is 9.52. The number of hydrogen-bond donors (Lipinski definition) is 1. The monoisotopic (exact) mass is 414 g/mol. The van der Waals surface area contributed by atoms with E-state index in [2.05, 4.69) is 33.8 Å². The lowest BCUT2D eigenvalue weighted by atomic mass is 9.48. The van der Waals surface area contributed by atoms with Crippen LogP contribution in [0.4, 0.5) is 0 Å². The molecule has 0 aromatic carbocycles. The van der Waals surface area contributed by atoms with Gasteiger partial charge in [-0.3, -0.25) is 0 Å². The average molecular weight is 415 g/mol. The number of allylic oxidation sites excluding steroid dienone is 2. The lowest BCUT2D eigenvalue weighted by Crippen LogP contribution is -2.50. The molecule has 3 saturated carbocycles. The van der Waals surface area contributed by atoms with Crippen molar-refractivity contribution in [3.63, 3.8) is 0 Å². The van der Waals surface area contributed by atoms with Crippen molar-refractivity contribution in [1.29, 1.82) is 0 Å². The van der Waals surface area contributed by atoms with Gasteiger partial charge in [0.15, 0.2) is 5.79 Å². The van der Waals surface area contributed by atoms with Gasteiger partial charge in [-0.2, -0.15) is 0 Å². The zero-order valence-electron chi connectivity index (χ0n) is 19.5. The largest absolute Gasteiger partial charge is 0.393 e. The van der Waals surface area contributed by atoms with Gasteiger partial charge in [0.25, 0.3) is 0 Å². The van der Waals surface area contributed by atoms with Gasteiger partial charge < -0.3 is 14.6 Å². The molecule has 6 aliphatic rings. The summed E-state index contributed by atoms with van der Waals surface area (Å²) in [5, 5.41) is 10.3. The first-order valence-corrected chi connectivity index (χ1v) is 13.0. The highest BCUT2D eigenvalue weighted by Gasteiger charge is 2.67. The Morgan fingerprint density at radius 1 is 1.03 bits per heavy atom. The summed E-state index contributed by atoms with van der Waals surface area (Å²) in [5.74, 6) is 3.68. The quantitative estimate of drug-likeness (QED) is 0.516. The molecule has 4 aliphatic carbocycles. The van der Waals surface area contributed by atoms with Gasteiger partial charge in [0.05, 0.1) is 18.8 Å². The topological polar surface area (TPSA) is 38.7 Å². The molecule has 0 unspecified atom stereocenters. The third-order valence-electron chi connectivity index (χ3n) is 11.3. The zero-order valence-corrected chi connectivity index (χ0v) is 19.5. The normalized spacial score (nSPS) is 59.8. The molecular weight excluding hydrogens is 372 g/mol. The Kier molecular flexibility index (Phi) is 4.44. The number of rotatable bonds is 0. The van der Waals surface area contributed by atoms with Crippen LogP contribution >= 0.6 is 0 Å². The van der Waals surface area contributed by atoms with Gasteiger partial charge in [-0.1, -0.05) is 39.3 Å². The molecule has 6 rings (SSSR count). The highest BCUT2D eigenvalue weighted by molar-refractivity contribution is 5.30. The number of aliphatic hydroxyl groups is 1. The summed E-state index contributed by atoms with van der Waals surface area (Å²) >= 11 is 0. The molecule has 2 aliphatic heterocycles. The van der Waals surface area contributed by atoms with Crippen LogP contribution in [0.25, 0.3) is 0 Å². The molecule has 0 aromatic heterocycles. The Morgan fingerprint density at radius 2 is 1.87 bits per heavy atom. The van der Waals surface area contributed by atoms with E-state index in [4.69, 9.17) is 9.47 Å². The maximum atomic E-state index is 10.3. The molecule has 1 spiro atoms. The second kappa shape index (κ2) is 6.58. The van der Waals surface area contributed by atoms with Crippen molar-refractivity contribution < 1.29 is 14.6 Å². The maximum absolute atomic E-state index is 10.3. The van der Waals surface area contributed by atoms with Crippen LogP contribution in [0.5, 0.6) is 0 Å². The summed E-state index contributed by atoms with van der Waals surface area (Å²) in [6, 6.07) is 0. The second-order valence-electron chi connectivity index (χ2n) is 12.7. The summed E-state index contributed by atoms with van der Waals surface area (Å²) in [6.07, 6.45) is 13.6. The van der Waals surface area contributed by atoms with E-state index in [1.807, 2.05) is 0 Å². The van der Waals surface area contributed by atoms with Crippen molar-refractivity contribution in [3.05, 3.63) is 11.6 Å². The number of ether oxygens (including phenoxy) is 2. The summed E-state index contributed by atoms with van der Waals surface area (Å²) < 4.78 is 13.3. The van der Waals surface area contributed by atoms with E-state index in [0.717, 1.165) is 37.7 Å². The Bertz CT molecular complexity index is 736. The molecule has 0 radical (unpaired) electrons. The van der Waals surface area contributed by atoms with E-state index >= 15 is 0 Å². The van der Waals surface area contributed by atoms with Crippen LogP contribution in [0, 0.1) is 46.3 Å². The van der Waals surface area contributed by atoms with E-state index in [1.165, 1.54) is 38.5 Å². The molecule has 30 heavy (non-hydrogen) atoms. The number of aliphatic hydroxyl groups excluding tert-OH is 1. The minimum atomic E-state index is -0.303. The molecule has 3 heteroatoms. The average Bonchev–Trinajstić information content (AvgIpc) is 3.16. The molecule has 3 nitrogen and oxygen atoms in total. The third-order valence-corrected chi connectivity index (χ3v) is 11.3. The molecule has 2 saturated heterocycles. The molecule has 0 bridgehead atoms. The molecule has 1 N–H and O–H groups in total. The Hall–Kier alpha value is -0.380. The van der Waals surface area contributed by atoms with Crippen molar-refractivity contribution in [2.45, 2.75) is 103 Å². The van der Waals surface area contributed by atoms with Gasteiger partial charge in [-0.25, -0.2) is 0 Å². The Balaban J connectivity index is 1.30. The highest BCUT2D eigenvalue weighted by atomic mass is 16.7. The Labute approximate surface area is 183 Å². The van der Waals surface area contributed by atoms with E-state index < -0.39 is 0 Å². The first-order valence-electron chi connectivity index (χ1n) is 13.0. The fraction of sp³-hybridized carbons (Fsp3) is 0.926. The first kappa shape index (κ1) is 20.2. The third kappa shape index (κ3) is 2.55. The standard InChI is InChI=1S/C27H42O3/c1-16-7-12-27(29-15-16)17(2)24-23(30-27)14-22-20-6-5-18-13-19(28)8-10-25(18,3)21(20)9-11-26(22,24)4/h9,16-20,22-24,28H,5-8,10-15H2,1-4H3/t16-,17+,18+,19+,20-,22+,23-,24+,25+,26+,27+/m0/s1. The predicted octanol–water partition coefficient (Wildman–Crippen LogP) is 5.71. The van der Waals surface area contributed by atoms with Crippen molar-refractivity contribution in [2.75, 3.05) is 6.61 Å². The van der Waals surface area contributed by atoms with E-state index in [0.29, 0.717) is 40.6 Å². The van der Waals surface area contributed by atoms with Crippen molar-refractivity contribution in [2.24, 2.45) is 46.3 Å². The lowest BCUT2D eigenvalue weighted by Gasteiger charge is -2.57. The second-order valence-corrected chi connectivity index (χ2v) is 12.7. The molecule has 0 aromatic rings. The van der Waals surface area contributed by atoms with Crippen LogP contribution in [0.3, 0.4) is 0 Å². The Morgan fingerprint density at radius 3 is 2.63 bits per heavy atom. The number of hydrogen-bond acceptors (Lipinski definition) is 3.